The van der Waals surface area contributed by atoms with Gasteiger partial charge in [0.25, 0.3) is 0 Å². The molecule has 0 radical (unpaired) electrons. The molecule has 0 aliphatic carbocycles. The van der Waals surface area contributed by atoms with Crippen LogP contribution in [0.15, 0.2) is 18.2 Å². The Morgan fingerprint density at radius 1 is 1.44 bits per heavy atom. The van der Waals surface area contributed by atoms with Crippen LogP contribution in [0.4, 0.5) is 14.9 Å². The molecule has 0 aliphatic rings. The van der Waals surface area contributed by atoms with Crippen molar-refractivity contribution in [3.05, 3.63) is 29.6 Å². The molecule has 1 aromatic rings. The van der Waals surface area contributed by atoms with Crippen LogP contribution in [0.3, 0.4) is 0 Å². The van der Waals surface area contributed by atoms with E-state index in [0.717, 1.165) is 5.56 Å². The number of amides is 2. The van der Waals surface area contributed by atoms with Gasteiger partial charge in [0.1, 0.15) is 5.82 Å². The van der Waals surface area contributed by atoms with E-state index in [1.165, 1.54) is 12.1 Å². The number of nitrogens with one attached hydrogen (secondary N) is 2. The molecular weight excluding hydrogens is 239 g/mol. The van der Waals surface area contributed by atoms with Crippen LogP contribution in [-0.2, 0) is 4.79 Å². The second-order valence-corrected chi connectivity index (χ2v) is 4.06. The zero-order valence-electron chi connectivity index (χ0n) is 10.2. The first kappa shape index (κ1) is 14.0. The highest BCUT2D eigenvalue weighted by molar-refractivity contribution is 5.90. The Bertz CT molecular complexity index is 463. The van der Waals surface area contributed by atoms with Gasteiger partial charge in [-0.3, -0.25) is 4.79 Å². The highest BCUT2D eigenvalue weighted by Crippen LogP contribution is 2.15. The van der Waals surface area contributed by atoms with Crippen LogP contribution < -0.4 is 10.6 Å². The molecule has 2 amide bonds. The Morgan fingerprint density at radius 3 is 2.72 bits per heavy atom. The molecule has 0 fully saturated rings. The van der Waals surface area contributed by atoms with Crippen molar-refractivity contribution >= 4 is 17.7 Å². The molecule has 0 bridgehead atoms. The average Bonchev–Trinajstić information content (AvgIpc) is 2.21. The Labute approximate surface area is 104 Å². The van der Waals surface area contributed by atoms with Gasteiger partial charge in [-0.2, -0.15) is 0 Å². The largest absolute Gasteiger partial charge is 0.481 e. The third-order valence-corrected chi connectivity index (χ3v) is 2.31. The number of carboxylic acids is 1. The topological polar surface area (TPSA) is 78.4 Å². The summed E-state index contributed by atoms with van der Waals surface area (Å²) in [5, 5.41) is 13.5. The zero-order valence-corrected chi connectivity index (χ0v) is 10.2. The third-order valence-electron chi connectivity index (χ3n) is 2.31. The van der Waals surface area contributed by atoms with Crippen molar-refractivity contribution in [1.82, 2.24) is 5.32 Å². The minimum atomic E-state index is -0.996. The van der Waals surface area contributed by atoms with E-state index in [-0.39, 0.29) is 6.42 Å². The Balaban J connectivity index is 2.59. The summed E-state index contributed by atoms with van der Waals surface area (Å²) in [6.07, 6.45) is -0.171. The molecule has 0 saturated heterocycles. The molecule has 3 N–H and O–H groups in total. The number of halogens is 1. The number of aliphatic carboxylic acids is 1. The summed E-state index contributed by atoms with van der Waals surface area (Å²) in [6.45, 7) is 3.31. The van der Waals surface area contributed by atoms with Crippen LogP contribution in [0.2, 0.25) is 0 Å². The van der Waals surface area contributed by atoms with Gasteiger partial charge in [0.15, 0.2) is 0 Å². The number of hydrogen-bond donors (Lipinski definition) is 3. The molecule has 0 aromatic heterocycles. The van der Waals surface area contributed by atoms with Gasteiger partial charge >= 0.3 is 12.0 Å². The molecule has 1 unspecified atom stereocenters. The highest BCUT2D eigenvalue weighted by atomic mass is 19.1. The maximum atomic E-state index is 13.0. The number of aryl methyl sites for hydroxylation is 1. The molecule has 0 saturated carbocycles. The van der Waals surface area contributed by atoms with Crippen molar-refractivity contribution in [2.75, 3.05) is 5.32 Å². The third kappa shape index (κ3) is 4.40. The molecule has 98 valence electrons. The number of anilines is 1. The molecule has 0 aliphatic heterocycles. The molecule has 0 heterocycles. The number of urea groups is 1. The van der Waals surface area contributed by atoms with Gasteiger partial charge in [-0.25, -0.2) is 9.18 Å². The van der Waals surface area contributed by atoms with Gasteiger partial charge in [0.05, 0.1) is 6.42 Å². The van der Waals surface area contributed by atoms with Crippen molar-refractivity contribution in [3.63, 3.8) is 0 Å². The number of rotatable bonds is 4. The fraction of sp³-hybridized carbons (Fsp3) is 0.333. The Morgan fingerprint density at radius 2 is 2.11 bits per heavy atom. The lowest BCUT2D eigenvalue weighted by molar-refractivity contribution is -0.137. The van der Waals surface area contributed by atoms with Gasteiger partial charge in [-0.05, 0) is 31.5 Å². The number of carbonyl (C=O) groups is 2. The lowest BCUT2D eigenvalue weighted by Crippen LogP contribution is -2.37. The van der Waals surface area contributed by atoms with Crippen molar-refractivity contribution in [1.29, 1.82) is 0 Å². The summed E-state index contributed by atoms with van der Waals surface area (Å²) in [5.41, 5.74) is 1.08. The summed E-state index contributed by atoms with van der Waals surface area (Å²) >= 11 is 0. The molecule has 18 heavy (non-hydrogen) atoms. The SMILES string of the molecule is Cc1ccc(F)cc1NC(=O)NC(C)CC(=O)O. The second-order valence-electron chi connectivity index (χ2n) is 4.06. The first-order valence-electron chi connectivity index (χ1n) is 5.44. The van der Waals surface area contributed by atoms with E-state index >= 15 is 0 Å². The first-order valence-corrected chi connectivity index (χ1v) is 5.44. The summed E-state index contributed by atoms with van der Waals surface area (Å²) in [7, 11) is 0. The predicted molar refractivity (Wildman–Crippen MR) is 65.0 cm³/mol. The summed E-state index contributed by atoms with van der Waals surface area (Å²) in [5.74, 6) is -1.45. The van der Waals surface area contributed by atoms with Crippen LogP contribution >= 0.6 is 0 Å². The molecule has 0 spiro atoms. The van der Waals surface area contributed by atoms with Crippen molar-refractivity contribution in [2.45, 2.75) is 26.3 Å². The lowest BCUT2D eigenvalue weighted by Gasteiger charge is -2.13. The van der Waals surface area contributed by atoms with E-state index in [2.05, 4.69) is 10.6 Å². The Kier molecular flexibility index (Phi) is 4.65. The van der Waals surface area contributed by atoms with E-state index in [1.54, 1.807) is 19.9 Å². The van der Waals surface area contributed by atoms with Crippen LogP contribution in [0.5, 0.6) is 0 Å². The summed E-state index contributed by atoms with van der Waals surface area (Å²) < 4.78 is 13.0. The average molecular weight is 254 g/mol. The van der Waals surface area contributed by atoms with E-state index in [1.807, 2.05) is 0 Å². The summed E-state index contributed by atoms with van der Waals surface area (Å²) in [6, 6.07) is 2.99. The molecule has 1 rings (SSSR count). The minimum Gasteiger partial charge on any atom is -0.481 e. The van der Waals surface area contributed by atoms with E-state index < -0.39 is 23.9 Å². The van der Waals surface area contributed by atoms with Crippen LogP contribution in [0, 0.1) is 12.7 Å². The first-order chi connectivity index (χ1) is 8.38. The fourth-order valence-electron chi connectivity index (χ4n) is 1.42. The zero-order chi connectivity index (χ0) is 13.7. The van der Waals surface area contributed by atoms with Gasteiger partial charge < -0.3 is 15.7 Å². The minimum absolute atomic E-state index is 0.171. The predicted octanol–water partition coefficient (Wildman–Crippen LogP) is 2.12. The smallest absolute Gasteiger partial charge is 0.319 e. The van der Waals surface area contributed by atoms with Crippen molar-refractivity contribution < 1.29 is 19.1 Å². The van der Waals surface area contributed by atoms with E-state index in [9.17, 15) is 14.0 Å². The number of hydrogen-bond acceptors (Lipinski definition) is 2. The second kappa shape index (κ2) is 6.00. The van der Waals surface area contributed by atoms with Gasteiger partial charge in [0, 0.05) is 11.7 Å². The highest BCUT2D eigenvalue weighted by Gasteiger charge is 2.11. The van der Waals surface area contributed by atoms with Crippen LogP contribution in [-0.4, -0.2) is 23.1 Å². The summed E-state index contributed by atoms with van der Waals surface area (Å²) in [4.78, 5) is 22.0. The van der Waals surface area contributed by atoms with Gasteiger partial charge in [0.2, 0.25) is 0 Å². The van der Waals surface area contributed by atoms with Crippen LogP contribution in [0.1, 0.15) is 18.9 Å². The quantitative estimate of drug-likeness (QED) is 0.770. The molecule has 5 nitrogen and oxygen atoms in total. The van der Waals surface area contributed by atoms with Crippen molar-refractivity contribution in [2.24, 2.45) is 0 Å². The van der Waals surface area contributed by atoms with Crippen LogP contribution in [0.25, 0.3) is 0 Å². The number of carboxylic acid groups (broad SMARTS) is 1. The maximum absolute atomic E-state index is 13.0. The van der Waals surface area contributed by atoms with Gasteiger partial charge in [-0.1, -0.05) is 6.07 Å². The lowest BCUT2D eigenvalue weighted by atomic mass is 10.2. The molecular formula is C12H15FN2O3. The van der Waals surface area contributed by atoms with E-state index in [0.29, 0.717) is 5.69 Å². The number of carbonyl (C=O) groups excluding carboxylic acids is 1. The van der Waals surface area contributed by atoms with Crippen molar-refractivity contribution in [3.8, 4) is 0 Å². The fourth-order valence-corrected chi connectivity index (χ4v) is 1.42. The number of benzene rings is 1. The maximum Gasteiger partial charge on any atom is 0.319 e. The molecule has 6 heteroatoms. The Hall–Kier alpha value is -2.11. The monoisotopic (exact) mass is 254 g/mol. The van der Waals surface area contributed by atoms with Gasteiger partial charge in [-0.15, -0.1) is 0 Å². The normalized spacial score (nSPS) is 11.7. The van der Waals surface area contributed by atoms with E-state index in [4.69, 9.17) is 5.11 Å². The molecule has 1 aromatic carbocycles. The molecule has 1 atom stereocenters. The standard InChI is InChI=1S/C12H15FN2O3/c1-7-3-4-9(13)6-10(7)15-12(18)14-8(2)5-11(16)17/h3-4,6,8H,5H2,1-2H3,(H,16,17)(H2,14,15,18).